The molecule has 0 saturated carbocycles. The topological polar surface area (TPSA) is 77.8 Å². The van der Waals surface area contributed by atoms with Crippen molar-refractivity contribution in [3.63, 3.8) is 0 Å². The Morgan fingerprint density at radius 2 is 1.47 bits per heavy atom. The first-order valence-corrected chi connectivity index (χ1v) is 7.51. The lowest BCUT2D eigenvalue weighted by atomic mass is 10.1. The fourth-order valence-corrected chi connectivity index (χ4v) is 5.26. The largest absolute Gasteiger partial charge is 0.506 e. The molecule has 0 heterocycles. The van der Waals surface area contributed by atoms with E-state index in [0.717, 1.165) is 6.08 Å². The normalized spacial score (nSPS) is 11.6. The van der Waals surface area contributed by atoms with Crippen LogP contribution < -0.4 is 0 Å². The zero-order valence-corrected chi connectivity index (χ0v) is 14.9. The van der Waals surface area contributed by atoms with Crippen LogP contribution in [0.15, 0.2) is 6.08 Å². The zero-order chi connectivity index (χ0) is 13.3. The van der Waals surface area contributed by atoms with Crippen LogP contribution in [0.25, 0.3) is 5.57 Å². The number of aliphatic carboxylic acids is 1. The summed E-state index contributed by atoms with van der Waals surface area (Å²) >= 11 is 5.70. The third-order valence-corrected chi connectivity index (χ3v) is 5.13. The molecule has 0 amide bonds. The summed E-state index contributed by atoms with van der Waals surface area (Å²) in [5.41, 5.74) is 1.03. The highest BCUT2D eigenvalue weighted by Crippen LogP contribution is 2.42. The van der Waals surface area contributed by atoms with Crippen LogP contribution in [0.3, 0.4) is 0 Å². The van der Waals surface area contributed by atoms with E-state index < -0.39 is 5.97 Å². The van der Waals surface area contributed by atoms with Gasteiger partial charge in [0, 0.05) is 11.6 Å². The van der Waals surface area contributed by atoms with Gasteiger partial charge in [-0.05, 0) is 80.3 Å². The van der Waals surface area contributed by atoms with Crippen LogP contribution in [0.4, 0.5) is 0 Å². The average Bonchev–Trinajstić information content (AvgIpc) is 2.23. The minimum atomic E-state index is -1.06. The first-order chi connectivity index (χ1) is 7.77. The molecule has 0 saturated heterocycles. The molecule has 4 nitrogen and oxygen atoms in total. The third-order valence-electron chi connectivity index (χ3n) is 2.00. The van der Waals surface area contributed by atoms with E-state index in [9.17, 15) is 15.0 Å². The van der Waals surface area contributed by atoms with Crippen LogP contribution in [0.2, 0.25) is 0 Å². The summed E-state index contributed by atoms with van der Waals surface area (Å²) in [5, 5.41) is 28.4. The fourth-order valence-electron chi connectivity index (χ4n) is 1.24. The SMILES string of the molecule is C/C(=C\C(=O)O)c1c(I)c(O)c(I)c(O)c1I. The second-order valence-corrected chi connectivity index (χ2v) is 6.42. The zero-order valence-electron chi connectivity index (χ0n) is 8.46. The molecule has 0 aromatic heterocycles. The summed E-state index contributed by atoms with van der Waals surface area (Å²) in [4.78, 5) is 10.6. The lowest BCUT2D eigenvalue weighted by Gasteiger charge is -2.13. The maximum absolute atomic E-state index is 10.6. The number of halogens is 3. The summed E-state index contributed by atoms with van der Waals surface area (Å²) < 4.78 is 1.43. The summed E-state index contributed by atoms with van der Waals surface area (Å²) in [6.07, 6.45) is 1.05. The minimum Gasteiger partial charge on any atom is -0.506 e. The lowest BCUT2D eigenvalue weighted by Crippen LogP contribution is -1.98. The van der Waals surface area contributed by atoms with Gasteiger partial charge in [0.1, 0.15) is 11.5 Å². The Bertz CT molecular complexity index is 494. The Hall–Kier alpha value is 0.220. The number of hydrogen-bond acceptors (Lipinski definition) is 3. The average molecular weight is 572 g/mol. The van der Waals surface area contributed by atoms with Crippen molar-refractivity contribution in [1.82, 2.24) is 0 Å². The second kappa shape index (κ2) is 5.91. The van der Waals surface area contributed by atoms with Crippen LogP contribution in [0, 0.1) is 10.7 Å². The summed E-state index contributed by atoms with van der Waals surface area (Å²) in [7, 11) is 0. The molecule has 1 aromatic carbocycles. The Morgan fingerprint density at radius 1 is 1.06 bits per heavy atom. The van der Waals surface area contributed by atoms with Crippen LogP contribution in [-0.4, -0.2) is 21.3 Å². The van der Waals surface area contributed by atoms with E-state index in [0.29, 0.717) is 21.8 Å². The van der Waals surface area contributed by atoms with Crippen molar-refractivity contribution in [1.29, 1.82) is 0 Å². The third kappa shape index (κ3) is 3.16. The lowest BCUT2D eigenvalue weighted by molar-refractivity contribution is -0.131. The molecule has 0 unspecified atom stereocenters. The molecule has 0 bridgehead atoms. The van der Waals surface area contributed by atoms with Gasteiger partial charge in [-0.3, -0.25) is 0 Å². The number of benzene rings is 1. The molecule has 0 aliphatic rings. The number of phenols is 2. The van der Waals surface area contributed by atoms with Gasteiger partial charge in [0.15, 0.2) is 0 Å². The van der Waals surface area contributed by atoms with E-state index in [1.807, 2.05) is 67.8 Å². The molecule has 3 N–H and O–H groups in total. The minimum absolute atomic E-state index is 0.0303. The van der Waals surface area contributed by atoms with Gasteiger partial charge in [-0.2, -0.15) is 0 Å². The van der Waals surface area contributed by atoms with E-state index in [1.165, 1.54) is 0 Å². The Labute approximate surface area is 139 Å². The van der Waals surface area contributed by atoms with Crippen molar-refractivity contribution in [3.05, 3.63) is 22.4 Å². The molecular formula is C10H7I3O4. The van der Waals surface area contributed by atoms with Gasteiger partial charge in [0.2, 0.25) is 0 Å². The second-order valence-electron chi connectivity index (χ2n) is 3.18. The van der Waals surface area contributed by atoms with Crippen molar-refractivity contribution < 1.29 is 20.1 Å². The van der Waals surface area contributed by atoms with Crippen molar-refractivity contribution in [2.45, 2.75) is 6.92 Å². The van der Waals surface area contributed by atoms with Gasteiger partial charge in [0.05, 0.1) is 10.7 Å². The number of carboxylic acid groups (broad SMARTS) is 1. The number of allylic oxidation sites excluding steroid dienone is 1. The molecule has 0 aliphatic heterocycles. The van der Waals surface area contributed by atoms with Crippen LogP contribution in [0.1, 0.15) is 12.5 Å². The van der Waals surface area contributed by atoms with Crippen molar-refractivity contribution in [3.8, 4) is 11.5 Å². The van der Waals surface area contributed by atoms with E-state index >= 15 is 0 Å². The van der Waals surface area contributed by atoms with Crippen LogP contribution in [-0.2, 0) is 4.79 Å². The van der Waals surface area contributed by atoms with Crippen molar-refractivity contribution in [2.75, 3.05) is 0 Å². The Balaban J connectivity index is 3.61. The van der Waals surface area contributed by atoms with Gasteiger partial charge in [-0.15, -0.1) is 0 Å². The summed E-state index contributed by atoms with van der Waals surface area (Å²) in [6.45, 7) is 1.62. The highest BCUT2D eigenvalue weighted by Gasteiger charge is 2.20. The predicted octanol–water partition coefficient (Wildman–Crippen LogP) is 3.40. The van der Waals surface area contributed by atoms with Gasteiger partial charge in [-0.1, -0.05) is 0 Å². The molecule has 0 radical (unpaired) electrons. The van der Waals surface area contributed by atoms with E-state index in [4.69, 9.17) is 5.11 Å². The summed E-state index contributed by atoms with van der Waals surface area (Å²) in [5.74, 6) is -1.12. The number of phenolic OH excluding ortho intramolecular Hbond substituents is 2. The molecule has 0 aliphatic carbocycles. The molecule has 17 heavy (non-hydrogen) atoms. The van der Waals surface area contributed by atoms with Gasteiger partial charge in [0.25, 0.3) is 0 Å². The van der Waals surface area contributed by atoms with Crippen molar-refractivity contribution >= 4 is 79.3 Å². The van der Waals surface area contributed by atoms with Gasteiger partial charge >= 0.3 is 5.97 Å². The molecule has 1 rings (SSSR count). The Kier molecular flexibility index (Phi) is 5.31. The fraction of sp³-hybridized carbons (Fsp3) is 0.100. The van der Waals surface area contributed by atoms with E-state index in [-0.39, 0.29) is 11.5 Å². The van der Waals surface area contributed by atoms with Crippen LogP contribution >= 0.6 is 67.8 Å². The molecule has 0 fully saturated rings. The monoisotopic (exact) mass is 572 g/mol. The molecular weight excluding hydrogens is 565 g/mol. The van der Waals surface area contributed by atoms with Crippen molar-refractivity contribution in [2.24, 2.45) is 0 Å². The van der Waals surface area contributed by atoms with Gasteiger partial charge < -0.3 is 15.3 Å². The smallest absolute Gasteiger partial charge is 0.328 e. The van der Waals surface area contributed by atoms with Crippen LogP contribution in [0.5, 0.6) is 11.5 Å². The maximum Gasteiger partial charge on any atom is 0.328 e. The number of aromatic hydroxyl groups is 2. The first kappa shape index (κ1) is 15.3. The van der Waals surface area contributed by atoms with Gasteiger partial charge in [-0.25, -0.2) is 4.79 Å². The molecule has 1 aromatic rings. The predicted molar refractivity (Wildman–Crippen MR) is 89.2 cm³/mol. The standard InChI is InChI=1S/C10H7I3O4/c1-3(2-4(14)15)5-6(11)9(16)8(13)10(17)7(5)12/h2,16-17H,1H3,(H,14,15)/b3-2+. The highest BCUT2D eigenvalue weighted by molar-refractivity contribution is 14.1. The quantitative estimate of drug-likeness (QED) is 0.376. The maximum atomic E-state index is 10.6. The van der Waals surface area contributed by atoms with E-state index in [2.05, 4.69) is 0 Å². The van der Waals surface area contributed by atoms with E-state index in [1.54, 1.807) is 6.92 Å². The molecule has 0 atom stereocenters. The summed E-state index contributed by atoms with van der Waals surface area (Å²) in [6, 6.07) is 0. The molecule has 7 heteroatoms. The molecule has 92 valence electrons. The number of hydrogen-bond donors (Lipinski definition) is 3. The number of carbonyl (C=O) groups is 1. The first-order valence-electron chi connectivity index (χ1n) is 4.27. The number of carboxylic acids is 1. The Morgan fingerprint density at radius 3 is 1.82 bits per heavy atom. The number of rotatable bonds is 2. The highest BCUT2D eigenvalue weighted by atomic mass is 127. The molecule has 0 spiro atoms.